The lowest BCUT2D eigenvalue weighted by atomic mass is 10.1. The van der Waals surface area contributed by atoms with Crippen LogP contribution in [0.25, 0.3) is 0 Å². The highest BCUT2D eigenvalue weighted by Crippen LogP contribution is 2.29. The summed E-state index contributed by atoms with van der Waals surface area (Å²) in [5.74, 6) is 1.06. The van der Waals surface area contributed by atoms with Crippen LogP contribution in [0.4, 0.5) is 11.4 Å². The number of ether oxygens (including phenoxy) is 1. The molecule has 0 saturated carbocycles. The van der Waals surface area contributed by atoms with E-state index in [1.807, 2.05) is 61.5 Å². The van der Waals surface area contributed by atoms with Gasteiger partial charge >= 0.3 is 0 Å². The molecule has 0 fully saturated rings. The van der Waals surface area contributed by atoms with Gasteiger partial charge in [-0.1, -0.05) is 36.4 Å². The molecule has 120 valence electrons. The number of rotatable bonds is 4. The SMILES string of the molecule is Cc1ccc(C(=O)Nc2ccccc2Oc2ccccc2)cc1N. The molecule has 3 rings (SSSR count). The van der Waals surface area contributed by atoms with Gasteiger partial charge in [-0.15, -0.1) is 0 Å². The molecule has 4 nitrogen and oxygen atoms in total. The number of amides is 1. The normalized spacial score (nSPS) is 10.2. The van der Waals surface area contributed by atoms with Gasteiger partial charge in [-0.25, -0.2) is 0 Å². The van der Waals surface area contributed by atoms with E-state index in [-0.39, 0.29) is 5.91 Å². The first-order chi connectivity index (χ1) is 11.6. The van der Waals surface area contributed by atoms with Gasteiger partial charge in [0.1, 0.15) is 5.75 Å². The number of nitrogens with two attached hydrogens (primary N) is 1. The summed E-state index contributed by atoms with van der Waals surface area (Å²) >= 11 is 0. The van der Waals surface area contributed by atoms with Crippen molar-refractivity contribution in [2.45, 2.75) is 6.92 Å². The van der Waals surface area contributed by atoms with E-state index in [0.717, 1.165) is 5.56 Å². The van der Waals surface area contributed by atoms with Crippen LogP contribution >= 0.6 is 0 Å². The molecule has 0 aliphatic heterocycles. The van der Waals surface area contributed by atoms with E-state index in [2.05, 4.69) is 5.32 Å². The number of para-hydroxylation sites is 3. The predicted octanol–water partition coefficient (Wildman–Crippen LogP) is 4.62. The number of aryl methyl sites for hydroxylation is 1. The van der Waals surface area contributed by atoms with Crippen LogP contribution in [0, 0.1) is 6.92 Å². The molecule has 3 aromatic carbocycles. The number of carbonyl (C=O) groups is 1. The van der Waals surface area contributed by atoms with Crippen molar-refractivity contribution in [1.82, 2.24) is 0 Å². The van der Waals surface area contributed by atoms with Gasteiger partial charge in [0.2, 0.25) is 0 Å². The van der Waals surface area contributed by atoms with Gasteiger partial charge in [0.15, 0.2) is 5.75 Å². The molecular formula is C20H18N2O2. The first-order valence-electron chi connectivity index (χ1n) is 7.63. The molecule has 0 saturated heterocycles. The van der Waals surface area contributed by atoms with Crippen LogP contribution in [0.5, 0.6) is 11.5 Å². The van der Waals surface area contributed by atoms with Crippen molar-refractivity contribution in [3.8, 4) is 11.5 Å². The molecule has 0 aliphatic carbocycles. The summed E-state index contributed by atoms with van der Waals surface area (Å²) in [6, 6.07) is 22.0. The minimum Gasteiger partial charge on any atom is -0.455 e. The van der Waals surface area contributed by atoms with E-state index in [1.165, 1.54) is 0 Å². The highest BCUT2D eigenvalue weighted by Gasteiger charge is 2.11. The molecule has 3 N–H and O–H groups in total. The summed E-state index contributed by atoms with van der Waals surface area (Å²) in [5.41, 5.74) is 8.53. The van der Waals surface area contributed by atoms with E-state index in [0.29, 0.717) is 28.4 Å². The second-order valence-electron chi connectivity index (χ2n) is 5.44. The lowest BCUT2D eigenvalue weighted by molar-refractivity contribution is 0.102. The van der Waals surface area contributed by atoms with Crippen LogP contribution in [-0.4, -0.2) is 5.91 Å². The third-order valence-corrected chi connectivity index (χ3v) is 3.65. The molecule has 0 unspecified atom stereocenters. The highest BCUT2D eigenvalue weighted by molar-refractivity contribution is 6.05. The van der Waals surface area contributed by atoms with E-state index >= 15 is 0 Å². The molecule has 0 atom stereocenters. The summed E-state index contributed by atoms with van der Waals surface area (Å²) < 4.78 is 5.85. The van der Waals surface area contributed by atoms with Crippen molar-refractivity contribution >= 4 is 17.3 Å². The quantitative estimate of drug-likeness (QED) is 0.690. The largest absolute Gasteiger partial charge is 0.455 e. The first kappa shape index (κ1) is 15.6. The Morgan fingerprint density at radius 2 is 1.67 bits per heavy atom. The molecule has 0 aliphatic rings. The van der Waals surface area contributed by atoms with Gasteiger partial charge in [0.25, 0.3) is 5.91 Å². The van der Waals surface area contributed by atoms with Crippen LogP contribution in [0.3, 0.4) is 0 Å². The zero-order valence-electron chi connectivity index (χ0n) is 13.3. The average Bonchev–Trinajstić information content (AvgIpc) is 2.60. The summed E-state index contributed by atoms with van der Waals surface area (Å²) in [5, 5.41) is 2.87. The smallest absolute Gasteiger partial charge is 0.255 e. The van der Waals surface area contributed by atoms with Crippen molar-refractivity contribution in [2.24, 2.45) is 0 Å². The Hall–Kier alpha value is -3.27. The highest BCUT2D eigenvalue weighted by atomic mass is 16.5. The lowest BCUT2D eigenvalue weighted by Crippen LogP contribution is -2.13. The van der Waals surface area contributed by atoms with Gasteiger partial charge in [0.05, 0.1) is 5.69 Å². The van der Waals surface area contributed by atoms with Crippen LogP contribution < -0.4 is 15.8 Å². The number of nitrogen functional groups attached to an aromatic ring is 1. The molecule has 3 aromatic rings. The number of hydrogen-bond acceptors (Lipinski definition) is 3. The van der Waals surface area contributed by atoms with Crippen molar-refractivity contribution in [2.75, 3.05) is 11.1 Å². The van der Waals surface area contributed by atoms with Gasteiger partial charge in [-0.3, -0.25) is 4.79 Å². The molecule has 1 amide bonds. The number of anilines is 2. The Balaban J connectivity index is 1.82. The molecule has 0 radical (unpaired) electrons. The zero-order valence-corrected chi connectivity index (χ0v) is 13.3. The second-order valence-corrected chi connectivity index (χ2v) is 5.44. The van der Waals surface area contributed by atoms with Gasteiger partial charge in [0, 0.05) is 11.3 Å². The lowest BCUT2D eigenvalue weighted by Gasteiger charge is -2.12. The number of benzene rings is 3. The fourth-order valence-electron chi connectivity index (χ4n) is 2.25. The Labute approximate surface area is 140 Å². The fourth-order valence-corrected chi connectivity index (χ4v) is 2.25. The van der Waals surface area contributed by atoms with E-state index in [1.54, 1.807) is 18.2 Å². The standard InChI is InChI=1S/C20H18N2O2/c1-14-11-12-15(13-17(14)21)20(23)22-18-9-5-6-10-19(18)24-16-7-3-2-4-8-16/h2-13H,21H2,1H3,(H,22,23). The zero-order chi connectivity index (χ0) is 16.9. The molecular weight excluding hydrogens is 300 g/mol. The van der Waals surface area contributed by atoms with Crippen LogP contribution in [-0.2, 0) is 0 Å². The number of carbonyl (C=O) groups excluding carboxylic acids is 1. The summed E-state index contributed by atoms with van der Waals surface area (Å²) in [7, 11) is 0. The minimum absolute atomic E-state index is 0.231. The van der Waals surface area contributed by atoms with Crippen molar-refractivity contribution in [1.29, 1.82) is 0 Å². The van der Waals surface area contributed by atoms with Crippen molar-refractivity contribution in [3.05, 3.63) is 83.9 Å². The van der Waals surface area contributed by atoms with E-state index in [4.69, 9.17) is 10.5 Å². The summed E-state index contributed by atoms with van der Waals surface area (Å²) in [4.78, 5) is 12.5. The Morgan fingerprint density at radius 1 is 0.958 bits per heavy atom. The van der Waals surface area contributed by atoms with Gasteiger partial charge in [-0.05, 0) is 48.9 Å². The minimum atomic E-state index is -0.231. The third kappa shape index (κ3) is 3.55. The number of hydrogen-bond donors (Lipinski definition) is 2. The van der Waals surface area contributed by atoms with Crippen LogP contribution in [0.15, 0.2) is 72.8 Å². The molecule has 0 heterocycles. The summed E-state index contributed by atoms with van der Waals surface area (Å²) in [6.07, 6.45) is 0. The monoisotopic (exact) mass is 318 g/mol. The van der Waals surface area contributed by atoms with Gasteiger partial charge in [-0.2, -0.15) is 0 Å². The van der Waals surface area contributed by atoms with E-state index in [9.17, 15) is 4.79 Å². The Morgan fingerprint density at radius 3 is 2.42 bits per heavy atom. The van der Waals surface area contributed by atoms with Crippen LogP contribution in [0.2, 0.25) is 0 Å². The fraction of sp³-hybridized carbons (Fsp3) is 0.0500. The average molecular weight is 318 g/mol. The Kier molecular flexibility index (Phi) is 4.47. The first-order valence-corrected chi connectivity index (χ1v) is 7.63. The molecule has 0 aromatic heterocycles. The molecule has 0 spiro atoms. The Bertz CT molecular complexity index is 861. The maximum absolute atomic E-state index is 12.5. The number of nitrogens with one attached hydrogen (secondary N) is 1. The second kappa shape index (κ2) is 6.87. The predicted molar refractivity (Wildman–Crippen MR) is 96.5 cm³/mol. The topological polar surface area (TPSA) is 64.3 Å². The van der Waals surface area contributed by atoms with E-state index < -0.39 is 0 Å². The molecule has 4 heteroatoms. The maximum Gasteiger partial charge on any atom is 0.255 e. The molecule has 0 bridgehead atoms. The van der Waals surface area contributed by atoms with Crippen LogP contribution in [0.1, 0.15) is 15.9 Å². The summed E-state index contributed by atoms with van der Waals surface area (Å²) in [6.45, 7) is 1.90. The molecule has 24 heavy (non-hydrogen) atoms. The van der Waals surface area contributed by atoms with Crippen molar-refractivity contribution < 1.29 is 9.53 Å². The van der Waals surface area contributed by atoms with Crippen molar-refractivity contribution in [3.63, 3.8) is 0 Å². The van der Waals surface area contributed by atoms with Gasteiger partial charge < -0.3 is 15.8 Å². The maximum atomic E-state index is 12.5. The third-order valence-electron chi connectivity index (χ3n) is 3.65.